The molecule has 1 aromatic carbocycles. The van der Waals surface area contributed by atoms with E-state index in [-0.39, 0.29) is 17.5 Å². The smallest absolute Gasteiger partial charge is 0.481 e. The highest BCUT2D eigenvalue weighted by Gasteiger charge is 2.43. The average molecular weight is 273 g/mol. The molecule has 2 atom stereocenters. The van der Waals surface area contributed by atoms with E-state index < -0.39 is 18.2 Å². The van der Waals surface area contributed by atoms with Crippen LogP contribution < -0.4 is 14.8 Å². The number of aliphatic carboxylic acids is 1. The lowest BCUT2D eigenvalue weighted by molar-refractivity contribution is -0.286. The third-order valence-corrected chi connectivity index (χ3v) is 2.94. The van der Waals surface area contributed by atoms with Gasteiger partial charge in [0.1, 0.15) is 0 Å². The Hall–Kier alpha value is -2.05. The van der Waals surface area contributed by atoms with Gasteiger partial charge in [-0.2, -0.15) is 0 Å². The van der Waals surface area contributed by atoms with E-state index >= 15 is 0 Å². The number of benzene rings is 1. The number of carboxylic acids is 1. The molecule has 104 valence electrons. The van der Waals surface area contributed by atoms with Crippen molar-refractivity contribution >= 4 is 11.7 Å². The summed E-state index contributed by atoms with van der Waals surface area (Å²) >= 11 is 0. The quantitative estimate of drug-likeness (QED) is 0.882. The summed E-state index contributed by atoms with van der Waals surface area (Å²) in [5.74, 6) is -1.68. The molecule has 2 unspecified atom stereocenters. The van der Waals surface area contributed by atoms with E-state index in [1.165, 1.54) is 18.2 Å². The number of ether oxygens (including phenoxy) is 2. The minimum atomic E-state index is -3.65. The number of carboxylic acid groups (broad SMARTS) is 1. The molecule has 1 aliphatic heterocycles. The fourth-order valence-electron chi connectivity index (χ4n) is 1.64. The summed E-state index contributed by atoms with van der Waals surface area (Å²) in [4.78, 5) is 10.8. The van der Waals surface area contributed by atoms with Crippen molar-refractivity contribution < 1.29 is 28.2 Å². The molecular formula is C12H13F2NO4. The van der Waals surface area contributed by atoms with E-state index in [0.29, 0.717) is 5.69 Å². The number of halogens is 2. The van der Waals surface area contributed by atoms with Gasteiger partial charge in [-0.25, -0.2) is 0 Å². The summed E-state index contributed by atoms with van der Waals surface area (Å²) in [6.45, 7) is 3.25. The van der Waals surface area contributed by atoms with E-state index in [1.54, 1.807) is 13.8 Å². The molecule has 0 aliphatic carbocycles. The number of nitrogens with one attached hydrogen (secondary N) is 1. The highest BCUT2D eigenvalue weighted by molar-refractivity contribution is 5.71. The summed E-state index contributed by atoms with van der Waals surface area (Å²) < 4.78 is 34.2. The molecule has 0 saturated heterocycles. The molecule has 1 aliphatic rings. The highest BCUT2D eigenvalue weighted by Crippen LogP contribution is 2.42. The van der Waals surface area contributed by atoms with Gasteiger partial charge in [-0.1, -0.05) is 0 Å². The Morgan fingerprint density at radius 3 is 2.58 bits per heavy atom. The zero-order chi connectivity index (χ0) is 14.2. The molecule has 19 heavy (non-hydrogen) atoms. The van der Waals surface area contributed by atoms with Gasteiger partial charge in [0.2, 0.25) is 0 Å². The molecule has 0 bridgehead atoms. The van der Waals surface area contributed by atoms with Gasteiger partial charge in [0.15, 0.2) is 11.5 Å². The van der Waals surface area contributed by atoms with E-state index in [1.807, 2.05) is 0 Å². The van der Waals surface area contributed by atoms with Gasteiger partial charge in [-0.3, -0.25) is 4.79 Å². The lowest BCUT2D eigenvalue weighted by atomic mass is 10.0. The van der Waals surface area contributed by atoms with E-state index in [4.69, 9.17) is 5.11 Å². The molecule has 5 nitrogen and oxygen atoms in total. The zero-order valence-electron chi connectivity index (χ0n) is 10.3. The molecule has 1 aromatic rings. The topological polar surface area (TPSA) is 67.8 Å². The molecule has 2 N–H and O–H groups in total. The molecule has 0 amide bonds. The summed E-state index contributed by atoms with van der Waals surface area (Å²) in [6, 6.07) is 3.85. The van der Waals surface area contributed by atoms with E-state index in [0.717, 1.165) is 0 Å². The number of hydrogen-bond acceptors (Lipinski definition) is 4. The lowest BCUT2D eigenvalue weighted by Gasteiger charge is -2.19. The Kier molecular flexibility index (Phi) is 3.21. The van der Waals surface area contributed by atoms with Crippen LogP contribution in [-0.4, -0.2) is 23.4 Å². The Morgan fingerprint density at radius 2 is 1.95 bits per heavy atom. The standard InChI is InChI=1S/C12H13F2NO4/c1-6(11(16)17)7(2)15-8-3-4-9-10(5-8)19-12(13,14)18-9/h3-7,15H,1-2H3,(H,16,17). The van der Waals surface area contributed by atoms with Crippen molar-refractivity contribution in [3.8, 4) is 11.5 Å². The van der Waals surface area contributed by atoms with Gasteiger partial charge >= 0.3 is 12.3 Å². The second-order valence-corrected chi connectivity index (χ2v) is 4.39. The Labute approximate surface area is 108 Å². The lowest BCUT2D eigenvalue weighted by Crippen LogP contribution is -2.29. The molecule has 0 saturated carbocycles. The van der Waals surface area contributed by atoms with Crippen LogP contribution in [0.25, 0.3) is 0 Å². The summed E-state index contributed by atoms with van der Waals surface area (Å²) in [5, 5.41) is 11.8. The van der Waals surface area contributed by atoms with Gasteiger partial charge in [0.05, 0.1) is 5.92 Å². The second kappa shape index (κ2) is 4.56. The first-order valence-corrected chi connectivity index (χ1v) is 5.68. The first kappa shape index (κ1) is 13.4. The number of carbonyl (C=O) groups is 1. The molecule has 0 aromatic heterocycles. The van der Waals surface area contributed by atoms with Crippen LogP contribution in [0.5, 0.6) is 11.5 Å². The van der Waals surface area contributed by atoms with Crippen molar-refractivity contribution in [1.82, 2.24) is 0 Å². The Balaban J connectivity index is 2.10. The van der Waals surface area contributed by atoms with Crippen molar-refractivity contribution in [1.29, 1.82) is 0 Å². The van der Waals surface area contributed by atoms with Crippen molar-refractivity contribution in [3.05, 3.63) is 18.2 Å². The van der Waals surface area contributed by atoms with E-state index in [2.05, 4.69) is 14.8 Å². The van der Waals surface area contributed by atoms with Gasteiger partial charge in [0.25, 0.3) is 0 Å². The predicted octanol–water partition coefficient (Wildman–Crippen LogP) is 2.53. The predicted molar refractivity (Wildman–Crippen MR) is 62.5 cm³/mol. The second-order valence-electron chi connectivity index (χ2n) is 4.39. The minimum absolute atomic E-state index is 0.0468. The highest BCUT2D eigenvalue weighted by atomic mass is 19.3. The van der Waals surface area contributed by atoms with Crippen molar-refractivity contribution in [2.75, 3.05) is 5.32 Å². The number of fused-ring (bicyclic) bond motifs is 1. The maximum Gasteiger partial charge on any atom is 0.586 e. The molecule has 0 spiro atoms. The maximum atomic E-state index is 12.8. The number of hydrogen-bond donors (Lipinski definition) is 2. The Bertz CT molecular complexity index is 507. The first-order chi connectivity index (χ1) is 8.78. The number of rotatable bonds is 4. The SMILES string of the molecule is CC(Nc1ccc2c(c1)OC(F)(F)O2)C(C)C(=O)O. The molecule has 0 radical (unpaired) electrons. The minimum Gasteiger partial charge on any atom is -0.481 e. The van der Waals surface area contributed by atoms with Gasteiger partial charge < -0.3 is 19.9 Å². The van der Waals surface area contributed by atoms with Crippen molar-refractivity contribution in [2.24, 2.45) is 5.92 Å². The van der Waals surface area contributed by atoms with Crippen LogP contribution in [0.3, 0.4) is 0 Å². The maximum absolute atomic E-state index is 12.8. The fraction of sp³-hybridized carbons (Fsp3) is 0.417. The van der Waals surface area contributed by atoms with Gasteiger partial charge in [-0.15, -0.1) is 8.78 Å². The summed E-state index contributed by atoms with van der Waals surface area (Å²) in [7, 11) is 0. The first-order valence-electron chi connectivity index (χ1n) is 5.68. The summed E-state index contributed by atoms with van der Waals surface area (Å²) in [5.41, 5.74) is 0.487. The largest absolute Gasteiger partial charge is 0.586 e. The van der Waals surface area contributed by atoms with Crippen LogP contribution in [0, 0.1) is 5.92 Å². The van der Waals surface area contributed by atoms with Gasteiger partial charge in [0, 0.05) is 17.8 Å². The zero-order valence-corrected chi connectivity index (χ0v) is 10.3. The number of anilines is 1. The van der Waals surface area contributed by atoms with Crippen LogP contribution in [0.4, 0.5) is 14.5 Å². The van der Waals surface area contributed by atoms with Crippen LogP contribution in [0.1, 0.15) is 13.8 Å². The van der Waals surface area contributed by atoms with E-state index in [9.17, 15) is 13.6 Å². The summed E-state index contributed by atoms with van der Waals surface area (Å²) in [6.07, 6.45) is -3.65. The normalized spacial score (nSPS) is 18.7. The monoisotopic (exact) mass is 273 g/mol. The fourth-order valence-corrected chi connectivity index (χ4v) is 1.64. The van der Waals surface area contributed by atoms with Crippen LogP contribution in [0.2, 0.25) is 0 Å². The molecule has 2 rings (SSSR count). The molecular weight excluding hydrogens is 260 g/mol. The third kappa shape index (κ3) is 2.86. The molecule has 0 fully saturated rings. The van der Waals surface area contributed by atoms with Crippen molar-refractivity contribution in [3.63, 3.8) is 0 Å². The average Bonchev–Trinajstić information content (AvgIpc) is 2.60. The van der Waals surface area contributed by atoms with Crippen LogP contribution in [0.15, 0.2) is 18.2 Å². The third-order valence-electron chi connectivity index (χ3n) is 2.94. The molecule has 7 heteroatoms. The molecule has 1 heterocycles. The van der Waals surface area contributed by atoms with Crippen LogP contribution in [-0.2, 0) is 4.79 Å². The Morgan fingerprint density at radius 1 is 1.32 bits per heavy atom. The number of alkyl halides is 2. The van der Waals surface area contributed by atoms with Crippen LogP contribution >= 0.6 is 0 Å². The van der Waals surface area contributed by atoms with Crippen molar-refractivity contribution in [2.45, 2.75) is 26.2 Å². The van der Waals surface area contributed by atoms with Gasteiger partial charge in [-0.05, 0) is 26.0 Å².